The van der Waals surface area contributed by atoms with E-state index in [4.69, 9.17) is 11.6 Å². The summed E-state index contributed by atoms with van der Waals surface area (Å²) in [5, 5.41) is 0.475. The van der Waals surface area contributed by atoms with Crippen molar-refractivity contribution in [2.24, 2.45) is 4.99 Å². The zero-order valence-electron chi connectivity index (χ0n) is 12.0. The number of hydrogen-bond donors (Lipinski definition) is 0. The molecule has 2 aromatic carbocycles. The van der Waals surface area contributed by atoms with Crippen molar-refractivity contribution in [3.63, 3.8) is 0 Å². The Balaban J connectivity index is 1.72. The number of carbonyl (C=O) groups excluding carboxylic acids is 2. The number of nitrogens with zero attached hydrogens (tertiary/aromatic N) is 1. The van der Waals surface area contributed by atoms with Gasteiger partial charge in [-0.2, -0.15) is 4.99 Å². The zero-order chi connectivity index (χ0) is 17.1. The van der Waals surface area contributed by atoms with E-state index < -0.39 is 0 Å². The zero-order valence-corrected chi connectivity index (χ0v) is 16.0. The summed E-state index contributed by atoms with van der Waals surface area (Å²) in [5.74, 6) is -0.336. The number of benzene rings is 2. The third kappa shape index (κ3) is 4.19. The largest absolute Gasteiger partial charge is 0.285 e. The van der Waals surface area contributed by atoms with Gasteiger partial charge in [0.15, 0.2) is 0 Å². The molecule has 1 aliphatic heterocycles. The maximum atomic E-state index is 12.3. The molecular formula is C17H9BrClNO2S2. The molecule has 0 spiro atoms. The summed E-state index contributed by atoms with van der Waals surface area (Å²) in [6.45, 7) is 0. The van der Waals surface area contributed by atoms with E-state index >= 15 is 0 Å². The summed E-state index contributed by atoms with van der Waals surface area (Å²) in [5.41, 5.74) is 1.40. The Kier molecular flexibility index (Phi) is 5.61. The molecule has 0 radical (unpaired) electrons. The fourth-order valence-corrected chi connectivity index (χ4v) is 4.51. The first-order valence-corrected chi connectivity index (χ1v) is 9.58. The van der Waals surface area contributed by atoms with E-state index in [1.54, 1.807) is 36.4 Å². The molecule has 0 bridgehead atoms. The number of aliphatic imine (C=N–C) groups is 1. The van der Waals surface area contributed by atoms with Gasteiger partial charge in [0.2, 0.25) is 5.12 Å². The molecule has 3 nitrogen and oxygen atoms in total. The van der Waals surface area contributed by atoms with Gasteiger partial charge in [-0.3, -0.25) is 9.59 Å². The van der Waals surface area contributed by atoms with Crippen molar-refractivity contribution in [1.29, 1.82) is 0 Å². The van der Waals surface area contributed by atoms with E-state index in [-0.39, 0.29) is 11.0 Å². The Labute approximate surface area is 160 Å². The van der Waals surface area contributed by atoms with Crippen molar-refractivity contribution in [3.05, 3.63) is 74.1 Å². The Bertz CT molecular complexity index is 878. The molecule has 24 heavy (non-hydrogen) atoms. The van der Waals surface area contributed by atoms with Crippen LogP contribution in [0.2, 0.25) is 5.02 Å². The van der Waals surface area contributed by atoms with Gasteiger partial charge in [-0.25, -0.2) is 0 Å². The van der Waals surface area contributed by atoms with Crippen molar-refractivity contribution in [3.8, 4) is 0 Å². The molecule has 1 heterocycles. The first-order chi connectivity index (χ1) is 11.5. The second-order valence-corrected chi connectivity index (χ2v) is 8.26. The number of rotatable bonds is 2. The minimum atomic E-state index is -0.336. The van der Waals surface area contributed by atoms with E-state index in [9.17, 15) is 9.59 Å². The van der Waals surface area contributed by atoms with Crippen LogP contribution in [0.3, 0.4) is 0 Å². The summed E-state index contributed by atoms with van der Waals surface area (Å²) in [6, 6.07) is 14.3. The molecular weight excluding hydrogens is 430 g/mol. The molecule has 120 valence electrons. The molecule has 0 fully saturated rings. The molecule has 7 heteroatoms. The Hall–Kier alpha value is -1.34. The highest BCUT2D eigenvalue weighted by Gasteiger charge is 2.25. The molecule has 0 aromatic heterocycles. The van der Waals surface area contributed by atoms with E-state index in [0.717, 1.165) is 17.3 Å². The van der Waals surface area contributed by atoms with E-state index in [1.165, 1.54) is 11.8 Å². The normalized spacial score (nSPS) is 15.7. The van der Waals surface area contributed by atoms with Crippen molar-refractivity contribution in [2.75, 3.05) is 0 Å². The molecule has 0 N–H and O–H groups in total. The van der Waals surface area contributed by atoms with E-state index in [0.29, 0.717) is 24.3 Å². The van der Waals surface area contributed by atoms with Gasteiger partial charge in [-0.15, -0.1) is 0 Å². The van der Waals surface area contributed by atoms with E-state index in [2.05, 4.69) is 20.9 Å². The van der Waals surface area contributed by atoms with Crippen LogP contribution < -0.4 is 0 Å². The van der Waals surface area contributed by atoms with E-state index in [1.807, 2.05) is 18.2 Å². The summed E-state index contributed by atoms with van der Waals surface area (Å²) in [7, 11) is 0. The Morgan fingerprint density at radius 2 is 1.88 bits per heavy atom. The minimum Gasteiger partial charge on any atom is -0.281 e. The lowest BCUT2D eigenvalue weighted by Crippen LogP contribution is -1.97. The predicted molar refractivity (Wildman–Crippen MR) is 106 cm³/mol. The molecule has 0 aliphatic carbocycles. The summed E-state index contributed by atoms with van der Waals surface area (Å²) < 4.78 is 1.15. The van der Waals surface area contributed by atoms with Crippen LogP contribution in [0, 0.1) is 0 Å². The van der Waals surface area contributed by atoms with Crippen LogP contribution in [0.5, 0.6) is 0 Å². The first kappa shape index (κ1) is 17.5. The highest BCUT2D eigenvalue weighted by molar-refractivity contribution is 9.10. The van der Waals surface area contributed by atoms with Crippen molar-refractivity contribution in [1.82, 2.24) is 0 Å². The van der Waals surface area contributed by atoms with Gasteiger partial charge in [-0.05, 0) is 47.7 Å². The van der Waals surface area contributed by atoms with Gasteiger partial charge >= 0.3 is 0 Å². The smallest absolute Gasteiger partial charge is 0.281 e. The third-order valence-electron chi connectivity index (χ3n) is 3.04. The second-order valence-electron chi connectivity index (χ2n) is 4.71. The van der Waals surface area contributed by atoms with Crippen LogP contribution in [-0.4, -0.2) is 15.4 Å². The molecule has 0 unspecified atom stereocenters. The topological polar surface area (TPSA) is 46.5 Å². The minimum absolute atomic E-state index is 0.158. The monoisotopic (exact) mass is 437 g/mol. The van der Waals surface area contributed by atoms with Gasteiger partial charge in [0.1, 0.15) is 4.38 Å². The summed E-state index contributed by atoms with van der Waals surface area (Å²) in [6.07, 6.45) is 1.74. The number of hydrogen-bond acceptors (Lipinski definition) is 4. The fourth-order valence-electron chi connectivity index (χ4n) is 1.90. The maximum absolute atomic E-state index is 12.3. The molecule has 0 atom stereocenters. The van der Waals surface area contributed by atoms with Gasteiger partial charge < -0.3 is 0 Å². The number of carbonyl (C=O) groups is 2. The van der Waals surface area contributed by atoms with Crippen LogP contribution >= 0.6 is 51.1 Å². The lowest BCUT2D eigenvalue weighted by molar-refractivity contribution is -0.113. The van der Waals surface area contributed by atoms with Crippen LogP contribution in [-0.2, 0) is 4.79 Å². The van der Waals surface area contributed by atoms with Crippen LogP contribution in [0.4, 0.5) is 0 Å². The number of halogens is 2. The Morgan fingerprint density at radius 1 is 1.17 bits per heavy atom. The lowest BCUT2D eigenvalue weighted by atomic mass is 10.2. The molecule has 1 amide bonds. The SMILES string of the molecule is O=C1N=C(SC(=O)c2ccccc2Br)S/C1=C/c1ccc(Cl)cc1. The molecule has 3 rings (SSSR count). The number of amides is 1. The molecule has 0 saturated carbocycles. The van der Waals surface area contributed by atoms with Gasteiger partial charge in [0.25, 0.3) is 5.91 Å². The van der Waals surface area contributed by atoms with Gasteiger partial charge in [-0.1, -0.05) is 63.6 Å². The average molecular weight is 439 g/mol. The average Bonchev–Trinajstić information content (AvgIpc) is 2.89. The van der Waals surface area contributed by atoms with Gasteiger partial charge in [0, 0.05) is 15.1 Å². The number of thioether (sulfide) groups is 2. The molecule has 1 aliphatic rings. The maximum Gasteiger partial charge on any atom is 0.285 e. The van der Waals surface area contributed by atoms with Crippen LogP contribution in [0.1, 0.15) is 15.9 Å². The van der Waals surface area contributed by atoms with Crippen molar-refractivity contribution >= 4 is 72.5 Å². The summed E-state index contributed by atoms with van der Waals surface area (Å²) in [4.78, 5) is 28.8. The third-order valence-corrected chi connectivity index (χ3v) is 5.94. The highest BCUT2D eigenvalue weighted by atomic mass is 79.9. The van der Waals surface area contributed by atoms with Crippen molar-refractivity contribution in [2.45, 2.75) is 0 Å². The van der Waals surface area contributed by atoms with Crippen LogP contribution in [0.25, 0.3) is 6.08 Å². The lowest BCUT2D eigenvalue weighted by Gasteiger charge is -2.02. The quantitative estimate of drug-likeness (QED) is 0.569. The standard InChI is InChI=1S/C17H9BrClNO2S2/c18-13-4-2-1-3-12(13)16(22)24-17-20-15(21)14(23-17)9-10-5-7-11(19)8-6-10/h1-9H/b14-9+. The highest BCUT2D eigenvalue weighted by Crippen LogP contribution is 2.35. The van der Waals surface area contributed by atoms with Gasteiger partial charge in [0.05, 0.1) is 4.91 Å². The summed E-state index contributed by atoms with van der Waals surface area (Å²) >= 11 is 11.4. The second kappa shape index (κ2) is 7.70. The molecule has 0 saturated heterocycles. The van der Waals surface area contributed by atoms with Crippen molar-refractivity contribution < 1.29 is 9.59 Å². The van der Waals surface area contributed by atoms with Crippen LogP contribution in [0.15, 0.2) is 62.9 Å². The molecule has 2 aromatic rings. The Morgan fingerprint density at radius 3 is 2.58 bits per heavy atom. The first-order valence-electron chi connectivity index (χ1n) is 6.78. The fraction of sp³-hybridized carbons (Fsp3) is 0. The predicted octanol–water partition coefficient (Wildman–Crippen LogP) is 5.65.